The predicted octanol–water partition coefficient (Wildman–Crippen LogP) is 3.04. The van der Waals surface area contributed by atoms with Gasteiger partial charge in [-0.15, -0.1) is 0 Å². The van der Waals surface area contributed by atoms with E-state index < -0.39 is 0 Å². The summed E-state index contributed by atoms with van der Waals surface area (Å²) in [5.41, 5.74) is 9.97. The molecule has 2 aromatic carbocycles. The number of benzene rings is 2. The summed E-state index contributed by atoms with van der Waals surface area (Å²) in [7, 11) is 3.25. The molecular weight excluding hydrogens is 715 g/mol. The Morgan fingerprint density at radius 1 is 0.696 bits per heavy atom. The van der Waals surface area contributed by atoms with E-state index in [0.717, 1.165) is 122 Å². The maximum absolute atomic E-state index is 12.5. The monoisotopic (exact) mass is 767 g/mol. The molecule has 3 N–H and O–H groups in total. The first-order valence-corrected chi connectivity index (χ1v) is 19.6. The number of hydrogen-bond donors (Lipinski definition) is 2. The highest BCUT2D eigenvalue weighted by Crippen LogP contribution is 2.29. The Labute approximate surface area is 326 Å². The van der Waals surface area contributed by atoms with Crippen LogP contribution in [-0.2, 0) is 19.6 Å². The second-order valence-corrected chi connectivity index (χ2v) is 14.6. The molecule has 298 valence electrons. The quantitative estimate of drug-likeness (QED) is 0.202. The van der Waals surface area contributed by atoms with Crippen molar-refractivity contribution in [2.75, 3.05) is 66.7 Å². The van der Waals surface area contributed by atoms with Crippen molar-refractivity contribution in [3.05, 3.63) is 87.5 Å². The topological polar surface area (TPSA) is 164 Å². The van der Waals surface area contributed by atoms with E-state index in [0.29, 0.717) is 44.9 Å². The number of methoxy groups -OCH3 is 2. The third-order valence-electron chi connectivity index (χ3n) is 10.9. The number of rotatable bonds is 11. The first-order valence-electron chi connectivity index (χ1n) is 19.6. The molecule has 0 saturated carbocycles. The number of piperidine rings is 2. The molecule has 15 heteroatoms. The summed E-state index contributed by atoms with van der Waals surface area (Å²) in [6.07, 6.45) is 9.62. The second kappa shape index (κ2) is 18.7. The lowest BCUT2D eigenvalue weighted by Gasteiger charge is -2.32. The number of ether oxygens (including phenoxy) is 4. The van der Waals surface area contributed by atoms with Crippen LogP contribution in [0.25, 0.3) is 22.1 Å². The highest BCUT2D eigenvalue weighted by atomic mass is 16.5. The molecular formula is C41H53N9O6. The van der Waals surface area contributed by atoms with Gasteiger partial charge in [0.1, 0.15) is 11.5 Å². The molecule has 0 radical (unpaired) electrons. The average molecular weight is 768 g/mol. The molecule has 8 rings (SSSR count). The van der Waals surface area contributed by atoms with Crippen molar-refractivity contribution < 1.29 is 18.9 Å². The minimum absolute atomic E-state index is 0.0746. The van der Waals surface area contributed by atoms with Crippen molar-refractivity contribution in [1.29, 1.82) is 0 Å². The van der Waals surface area contributed by atoms with Crippen molar-refractivity contribution in [3.63, 3.8) is 0 Å². The van der Waals surface area contributed by atoms with Crippen LogP contribution in [0.5, 0.6) is 23.0 Å². The zero-order valence-electron chi connectivity index (χ0n) is 32.4. The van der Waals surface area contributed by atoms with E-state index in [-0.39, 0.29) is 11.1 Å². The fourth-order valence-electron chi connectivity index (χ4n) is 7.47. The Hall–Kier alpha value is -5.09. The van der Waals surface area contributed by atoms with Crippen LogP contribution in [0.2, 0.25) is 0 Å². The molecule has 6 heterocycles. The van der Waals surface area contributed by atoms with Gasteiger partial charge in [-0.3, -0.25) is 14.6 Å². The molecule has 15 nitrogen and oxygen atoms in total. The third-order valence-corrected chi connectivity index (χ3v) is 10.9. The molecule has 2 fully saturated rings. The van der Waals surface area contributed by atoms with Crippen LogP contribution in [0.4, 0.5) is 0 Å². The van der Waals surface area contributed by atoms with Gasteiger partial charge in [0.15, 0.2) is 11.5 Å². The summed E-state index contributed by atoms with van der Waals surface area (Å²) in [6, 6.07) is 14.0. The molecule has 0 unspecified atom stereocenters. The van der Waals surface area contributed by atoms with Gasteiger partial charge >= 0.3 is 0 Å². The molecule has 56 heavy (non-hydrogen) atoms. The minimum Gasteiger partial charge on any atom is -0.497 e. The molecule has 0 amide bonds. The number of nitrogens with zero attached hydrogens (tertiary/aromatic N) is 7. The Morgan fingerprint density at radius 3 is 1.79 bits per heavy atom. The van der Waals surface area contributed by atoms with E-state index in [1.165, 1.54) is 12.4 Å². The summed E-state index contributed by atoms with van der Waals surface area (Å²) >= 11 is 0. The number of pyridine rings is 1. The van der Waals surface area contributed by atoms with Crippen LogP contribution in [0.1, 0.15) is 37.8 Å². The molecule has 3 aliphatic heterocycles. The van der Waals surface area contributed by atoms with Crippen LogP contribution in [0.3, 0.4) is 0 Å². The van der Waals surface area contributed by atoms with E-state index in [1.54, 1.807) is 29.6 Å². The van der Waals surface area contributed by atoms with Gasteiger partial charge in [0, 0.05) is 69.4 Å². The molecule has 3 aromatic heterocycles. The van der Waals surface area contributed by atoms with Gasteiger partial charge in [0.25, 0.3) is 11.1 Å². The van der Waals surface area contributed by atoms with Crippen molar-refractivity contribution in [2.45, 2.75) is 63.8 Å². The van der Waals surface area contributed by atoms with Gasteiger partial charge in [0.2, 0.25) is 0 Å². The van der Waals surface area contributed by atoms with Crippen molar-refractivity contribution in [1.82, 2.24) is 39.2 Å². The Morgan fingerprint density at radius 2 is 1.23 bits per heavy atom. The Bertz CT molecular complexity index is 2200. The zero-order valence-corrected chi connectivity index (χ0v) is 32.4. The van der Waals surface area contributed by atoms with E-state index in [1.807, 2.05) is 42.5 Å². The van der Waals surface area contributed by atoms with Crippen molar-refractivity contribution in [3.8, 4) is 23.0 Å². The molecule has 0 atom stereocenters. The first kappa shape index (κ1) is 39.2. The highest BCUT2D eigenvalue weighted by molar-refractivity contribution is 5.77. The van der Waals surface area contributed by atoms with Crippen LogP contribution in [-0.4, -0.2) is 113 Å². The largest absolute Gasteiger partial charge is 0.497 e. The zero-order chi connectivity index (χ0) is 38.9. The number of nitrogens with two attached hydrogens (primary N) is 1. The van der Waals surface area contributed by atoms with E-state index in [2.05, 4.69) is 30.1 Å². The number of fused-ring (bicyclic) bond motifs is 3. The predicted molar refractivity (Wildman–Crippen MR) is 215 cm³/mol. The van der Waals surface area contributed by atoms with Gasteiger partial charge in [-0.1, -0.05) is 0 Å². The van der Waals surface area contributed by atoms with Crippen LogP contribution in [0.15, 0.2) is 70.6 Å². The van der Waals surface area contributed by atoms with Gasteiger partial charge in [-0.2, -0.15) is 0 Å². The fraction of sp³-hybridized carbons (Fsp3) is 0.488. The van der Waals surface area contributed by atoms with E-state index >= 15 is 0 Å². The third kappa shape index (κ3) is 9.82. The smallest absolute Gasteiger partial charge is 0.269 e. The molecule has 0 aliphatic carbocycles. The number of hydrogen-bond acceptors (Lipinski definition) is 13. The van der Waals surface area contributed by atoms with Crippen LogP contribution in [0, 0.1) is 0 Å². The van der Waals surface area contributed by atoms with E-state index in [4.69, 9.17) is 24.7 Å². The number of nitrogens with one attached hydrogen (secondary N) is 1. The SMILES string of the molecule is COc1ccc2ncc(=O)n(CCN3CCC(N)CC3)c2c1.COc1ccc2ncc(=O)n(CCN3CCC(NCc4cc5c(cn4)OCCCO5)CC3)c2c1. The maximum atomic E-state index is 12.5. The minimum atomic E-state index is -0.0834. The second-order valence-electron chi connectivity index (χ2n) is 14.6. The highest BCUT2D eigenvalue weighted by Gasteiger charge is 2.20. The van der Waals surface area contributed by atoms with Gasteiger partial charge < -0.3 is 48.9 Å². The van der Waals surface area contributed by atoms with Gasteiger partial charge in [0.05, 0.1) is 73.8 Å². The maximum Gasteiger partial charge on any atom is 0.269 e. The Balaban J connectivity index is 0.000000189. The fourth-order valence-corrected chi connectivity index (χ4v) is 7.47. The van der Waals surface area contributed by atoms with E-state index in [9.17, 15) is 9.59 Å². The molecule has 0 bridgehead atoms. The van der Waals surface area contributed by atoms with Gasteiger partial charge in [-0.25, -0.2) is 9.97 Å². The number of likely N-dealkylation sites (tertiary alicyclic amines) is 2. The Kier molecular flexibility index (Phi) is 13.1. The summed E-state index contributed by atoms with van der Waals surface area (Å²) in [4.78, 5) is 42.4. The molecule has 2 saturated heterocycles. The molecule has 0 spiro atoms. The summed E-state index contributed by atoms with van der Waals surface area (Å²) in [5, 5.41) is 3.64. The molecule has 3 aliphatic rings. The summed E-state index contributed by atoms with van der Waals surface area (Å²) in [6.45, 7) is 9.01. The lowest BCUT2D eigenvalue weighted by Crippen LogP contribution is -2.43. The number of aromatic nitrogens is 5. The summed E-state index contributed by atoms with van der Waals surface area (Å²) in [5.74, 6) is 2.98. The average Bonchev–Trinajstić information content (AvgIpc) is 3.48. The van der Waals surface area contributed by atoms with Crippen molar-refractivity contribution >= 4 is 22.1 Å². The normalized spacial score (nSPS) is 17.0. The van der Waals surface area contributed by atoms with Gasteiger partial charge in [-0.05, 0) is 76.1 Å². The van der Waals surface area contributed by atoms with Crippen LogP contribution < -0.4 is 41.1 Å². The standard InChI is InChI=1S/C25H31N5O4.C16H22N4O2/c1-32-20-3-4-21-22(14-20)30(25(31)17-28-21)10-9-29-7-5-18(6-8-29)26-15-19-13-23-24(16-27-19)34-12-2-11-33-23;1-22-13-2-3-14-15(10-13)20(16(21)11-18-14)9-8-19-6-4-12(17)5-7-19/h3-4,13-14,16-18,26H,2,5-12,15H2,1H3;2-3,10-12H,4-9,17H2,1H3. The van der Waals surface area contributed by atoms with Crippen LogP contribution >= 0.6 is 0 Å². The lowest BCUT2D eigenvalue weighted by atomic mass is 10.0. The lowest BCUT2D eigenvalue weighted by molar-refractivity contribution is 0.191. The summed E-state index contributed by atoms with van der Waals surface area (Å²) < 4.78 is 25.6. The first-order chi connectivity index (χ1) is 27.4. The van der Waals surface area contributed by atoms with Crippen molar-refractivity contribution in [2.24, 2.45) is 5.73 Å². The molecule has 5 aromatic rings.